The van der Waals surface area contributed by atoms with Crippen LogP contribution in [0, 0.1) is 13.8 Å². The number of fused-ring (bicyclic) bond motifs is 1. The average Bonchev–Trinajstić information content (AvgIpc) is 3.39. The number of thiazole rings is 1. The summed E-state index contributed by atoms with van der Waals surface area (Å²) in [6.07, 6.45) is 0. The van der Waals surface area contributed by atoms with Crippen molar-refractivity contribution < 1.29 is 9.59 Å². The van der Waals surface area contributed by atoms with Crippen LogP contribution < -0.4 is 16.4 Å². The molecule has 0 unspecified atom stereocenters. The molecule has 4 rings (SSSR count). The third-order valence-electron chi connectivity index (χ3n) is 4.61. The van der Waals surface area contributed by atoms with Gasteiger partial charge < -0.3 is 16.4 Å². The summed E-state index contributed by atoms with van der Waals surface area (Å²) in [5, 5.41) is 13.8. The van der Waals surface area contributed by atoms with Crippen molar-refractivity contribution in [3.63, 3.8) is 0 Å². The van der Waals surface area contributed by atoms with Gasteiger partial charge in [0.25, 0.3) is 0 Å². The number of benzene rings is 2. The van der Waals surface area contributed by atoms with E-state index in [1.54, 1.807) is 0 Å². The van der Waals surface area contributed by atoms with Gasteiger partial charge in [-0.15, -0.1) is 21.5 Å². The Labute approximate surface area is 206 Å². The lowest BCUT2D eigenvalue weighted by molar-refractivity contribution is -0.114. The summed E-state index contributed by atoms with van der Waals surface area (Å²) in [5.41, 5.74) is 10.1. The molecule has 0 saturated carbocycles. The second-order valence-electron chi connectivity index (χ2n) is 6.99. The molecule has 4 aromatic rings. The molecule has 12 heteroatoms. The number of aromatic nitrogens is 3. The monoisotopic (exact) mass is 516 g/mol. The minimum atomic E-state index is -0.143. The van der Waals surface area contributed by atoms with Crippen molar-refractivity contribution in [2.75, 3.05) is 27.9 Å². The molecule has 0 radical (unpaired) electrons. The summed E-state index contributed by atoms with van der Waals surface area (Å²) in [6.45, 7) is 4.01. The van der Waals surface area contributed by atoms with Crippen LogP contribution in [0.1, 0.15) is 11.1 Å². The number of nitrogens with one attached hydrogen (secondary N) is 2. The minimum Gasteiger partial charge on any atom is -0.374 e. The Kier molecular flexibility index (Phi) is 7.48. The van der Waals surface area contributed by atoms with Crippen LogP contribution in [0.5, 0.6) is 0 Å². The lowest BCUT2D eigenvalue weighted by Gasteiger charge is -2.09. The van der Waals surface area contributed by atoms with Crippen LogP contribution in [-0.4, -0.2) is 38.5 Å². The predicted octanol–water partition coefficient (Wildman–Crippen LogP) is 4.81. The van der Waals surface area contributed by atoms with Crippen molar-refractivity contribution in [2.24, 2.45) is 0 Å². The zero-order valence-corrected chi connectivity index (χ0v) is 21.0. The fraction of sp³-hybridized carbons (Fsp3) is 0.190. The number of carbonyl (C=O) groups excluding carboxylic acids is 2. The number of anilines is 3. The third kappa shape index (κ3) is 6.22. The van der Waals surface area contributed by atoms with Gasteiger partial charge in [0, 0.05) is 11.4 Å². The highest BCUT2D eigenvalue weighted by Crippen LogP contribution is 2.32. The molecule has 0 fully saturated rings. The Morgan fingerprint density at radius 2 is 1.73 bits per heavy atom. The number of aryl methyl sites for hydroxylation is 1. The van der Waals surface area contributed by atoms with Crippen LogP contribution >= 0.6 is 46.2 Å². The molecule has 8 nitrogen and oxygen atoms in total. The van der Waals surface area contributed by atoms with E-state index in [2.05, 4.69) is 25.8 Å². The maximum atomic E-state index is 12.4. The zero-order valence-electron chi connectivity index (χ0n) is 17.7. The number of nitrogens with two attached hydrogens (primary N) is 1. The molecule has 0 aliphatic carbocycles. The molecule has 0 bridgehead atoms. The Balaban J connectivity index is 1.32. The molecule has 0 aliphatic heterocycles. The Hall–Kier alpha value is -2.67. The van der Waals surface area contributed by atoms with Crippen molar-refractivity contribution >= 4 is 84.7 Å². The van der Waals surface area contributed by atoms with Crippen LogP contribution in [0.4, 0.5) is 16.5 Å². The normalized spacial score (nSPS) is 11.0. The molecular weight excluding hydrogens is 497 g/mol. The minimum absolute atomic E-state index is 0.0735. The van der Waals surface area contributed by atoms with Gasteiger partial charge in [-0.05, 0) is 49.2 Å². The molecule has 33 heavy (non-hydrogen) atoms. The van der Waals surface area contributed by atoms with E-state index in [9.17, 15) is 9.59 Å². The van der Waals surface area contributed by atoms with Crippen LogP contribution in [0.25, 0.3) is 10.2 Å². The maximum Gasteiger partial charge on any atom is 0.234 e. The molecule has 2 aromatic carbocycles. The number of nitrogens with zero attached hydrogens (tertiary/aromatic N) is 3. The highest BCUT2D eigenvalue weighted by atomic mass is 32.2. The van der Waals surface area contributed by atoms with Gasteiger partial charge in [-0.1, -0.05) is 47.0 Å². The number of nitrogen functional groups attached to an aromatic ring is 1. The fourth-order valence-corrected chi connectivity index (χ4v) is 6.19. The van der Waals surface area contributed by atoms with Crippen LogP contribution in [0.2, 0.25) is 0 Å². The SMILES string of the molecule is Cc1cccc(NC(=O)CSc2nc3ccc(NC(=O)CSc4nnc(N)s4)cc3s2)c1C. The molecule has 2 heterocycles. The predicted molar refractivity (Wildman–Crippen MR) is 139 cm³/mol. The first-order valence-corrected chi connectivity index (χ1v) is 13.4. The molecule has 170 valence electrons. The van der Waals surface area contributed by atoms with Gasteiger partial charge in [-0.25, -0.2) is 4.98 Å². The maximum absolute atomic E-state index is 12.4. The van der Waals surface area contributed by atoms with Crippen molar-refractivity contribution in [3.8, 4) is 0 Å². The smallest absolute Gasteiger partial charge is 0.234 e. The quantitative estimate of drug-likeness (QED) is 0.285. The van der Waals surface area contributed by atoms with E-state index in [-0.39, 0.29) is 23.3 Å². The summed E-state index contributed by atoms with van der Waals surface area (Å²) in [5.74, 6) is 0.266. The number of carbonyl (C=O) groups is 2. The van der Waals surface area contributed by atoms with Crippen molar-refractivity contribution in [1.29, 1.82) is 0 Å². The second kappa shape index (κ2) is 10.5. The van der Waals surface area contributed by atoms with Crippen LogP contribution in [-0.2, 0) is 9.59 Å². The van der Waals surface area contributed by atoms with Gasteiger partial charge in [0.15, 0.2) is 8.68 Å². The number of amides is 2. The first-order valence-electron chi connectivity index (χ1n) is 9.78. The first-order chi connectivity index (χ1) is 15.9. The van der Waals surface area contributed by atoms with Gasteiger partial charge in [0.05, 0.1) is 21.7 Å². The lowest BCUT2D eigenvalue weighted by atomic mass is 10.1. The molecule has 2 aromatic heterocycles. The Morgan fingerprint density at radius 1 is 0.970 bits per heavy atom. The molecule has 0 saturated heterocycles. The zero-order chi connectivity index (χ0) is 23.4. The van der Waals surface area contributed by atoms with Gasteiger partial charge in [0.1, 0.15) is 0 Å². The fourth-order valence-electron chi connectivity index (χ4n) is 2.85. The number of hydrogen-bond acceptors (Lipinski definition) is 10. The van der Waals surface area contributed by atoms with Crippen molar-refractivity contribution in [2.45, 2.75) is 22.5 Å². The van der Waals surface area contributed by atoms with Crippen LogP contribution in [0.15, 0.2) is 45.1 Å². The van der Waals surface area contributed by atoms with E-state index in [0.29, 0.717) is 15.2 Å². The largest absolute Gasteiger partial charge is 0.374 e. The van der Waals surface area contributed by atoms with Crippen molar-refractivity contribution in [3.05, 3.63) is 47.5 Å². The number of hydrogen-bond donors (Lipinski definition) is 3. The van der Waals surface area contributed by atoms with E-state index in [1.807, 2.05) is 50.2 Å². The van der Waals surface area contributed by atoms with Crippen LogP contribution in [0.3, 0.4) is 0 Å². The van der Waals surface area contributed by atoms with Gasteiger partial charge >= 0.3 is 0 Å². The van der Waals surface area contributed by atoms with Gasteiger partial charge in [-0.3, -0.25) is 9.59 Å². The highest BCUT2D eigenvalue weighted by Gasteiger charge is 2.12. The van der Waals surface area contributed by atoms with E-state index in [4.69, 9.17) is 5.73 Å². The van der Waals surface area contributed by atoms with Crippen molar-refractivity contribution in [1.82, 2.24) is 15.2 Å². The first kappa shape index (κ1) is 23.5. The molecule has 0 spiro atoms. The van der Waals surface area contributed by atoms with E-state index in [1.165, 1.54) is 46.2 Å². The van der Waals surface area contributed by atoms with Gasteiger partial charge in [0.2, 0.25) is 16.9 Å². The Bertz CT molecular complexity index is 1320. The molecule has 4 N–H and O–H groups in total. The van der Waals surface area contributed by atoms with E-state index >= 15 is 0 Å². The molecule has 0 atom stereocenters. The number of thioether (sulfide) groups is 2. The highest BCUT2D eigenvalue weighted by molar-refractivity contribution is 8.02. The van der Waals surface area contributed by atoms with Gasteiger partial charge in [-0.2, -0.15) is 0 Å². The molecule has 0 aliphatic rings. The lowest BCUT2D eigenvalue weighted by Crippen LogP contribution is -2.15. The molecule has 2 amide bonds. The average molecular weight is 517 g/mol. The standard InChI is InChI=1S/C21H20N6O2S4/c1-11-4-3-5-14(12(11)2)24-18(29)10-30-20-25-15-7-6-13(8-16(15)32-20)23-17(28)9-31-21-27-26-19(22)33-21/h3-8H,9-10H2,1-2H3,(H2,22,26)(H,23,28)(H,24,29). The summed E-state index contributed by atoms with van der Waals surface area (Å²) < 4.78 is 2.40. The molecular formula is C21H20N6O2S4. The Morgan fingerprint density at radius 3 is 2.48 bits per heavy atom. The third-order valence-corrected chi connectivity index (χ3v) is 8.65. The number of rotatable bonds is 8. The van der Waals surface area contributed by atoms with E-state index in [0.717, 1.165) is 31.4 Å². The van der Waals surface area contributed by atoms with E-state index < -0.39 is 0 Å². The second-order valence-corrected chi connectivity index (χ2v) is 11.5. The summed E-state index contributed by atoms with van der Waals surface area (Å²) in [7, 11) is 0. The summed E-state index contributed by atoms with van der Waals surface area (Å²) in [4.78, 5) is 29.2. The summed E-state index contributed by atoms with van der Waals surface area (Å²) >= 11 is 5.42. The summed E-state index contributed by atoms with van der Waals surface area (Å²) in [6, 6.07) is 11.4. The topological polar surface area (TPSA) is 123 Å².